The molecule has 138 valence electrons. The highest BCUT2D eigenvalue weighted by atomic mass is 19.1. The second kappa shape index (κ2) is 6.69. The van der Waals surface area contributed by atoms with Crippen molar-refractivity contribution in [2.75, 3.05) is 13.1 Å². The van der Waals surface area contributed by atoms with E-state index in [0.29, 0.717) is 25.2 Å². The molecule has 2 aliphatic heterocycles. The van der Waals surface area contributed by atoms with E-state index in [1.807, 2.05) is 0 Å². The highest BCUT2D eigenvalue weighted by Crippen LogP contribution is 2.37. The zero-order valence-corrected chi connectivity index (χ0v) is 15.6. The van der Waals surface area contributed by atoms with Crippen LogP contribution in [0.5, 0.6) is 0 Å². The second-order valence-corrected chi connectivity index (χ2v) is 8.43. The van der Waals surface area contributed by atoms with E-state index in [1.165, 1.54) is 6.07 Å². The number of ether oxygens (including phenoxy) is 1. The van der Waals surface area contributed by atoms with Crippen LogP contribution in [0.15, 0.2) is 24.3 Å². The molecule has 2 heterocycles. The fourth-order valence-electron chi connectivity index (χ4n) is 4.16. The Morgan fingerprint density at radius 1 is 1.20 bits per heavy atom. The topological polar surface area (TPSA) is 41.6 Å². The van der Waals surface area contributed by atoms with E-state index in [1.54, 1.807) is 23.1 Å². The minimum atomic E-state index is -0.445. The molecule has 1 aromatic carbocycles. The highest BCUT2D eigenvalue weighted by Gasteiger charge is 2.46. The third-order valence-corrected chi connectivity index (χ3v) is 5.40. The highest BCUT2D eigenvalue weighted by molar-refractivity contribution is 5.94. The predicted octanol–water partition coefficient (Wildman–Crippen LogP) is 3.37. The Bertz CT molecular complexity index is 636. The maximum absolute atomic E-state index is 13.8. The lowest BCUT2D eigenvalue weighted by molar-refractivity contribution is -0.0708. The molecule has 4 nitrogen and oxygen atoms in total. The van der Waals surface area contributed by atoms with Crippen molar-refractivity contribution in [1.29, 1.82) is 0 Å². The van der Waals surface area contributed by atoms with Crippen LogP contribution < -0.4 is 5.32 Å². The lowest BCUT2D eigenvalue weighted by Gasteiger charge is -2.36. The average Bonchev–Trinajstić information content (AvgIpc) is 2.75. The van der Waals surface area contributed by atoms with Gasteiger partial charge in [0.1, 0.15) is 5.82 Å². The molecule has 1 aromatic rings. The summed E-state index contributed by atoms with van der Waals surface area (Å²) >= 11 is 0. The molecule has 0 unspecified atom stereocenters. The number of nitrogens with one attached hydrogen (secondary N) is 1. The number of hydrogen-bond donors (Lipinski definition) is 1. The van der Waals surface area contributed by atoms with E-state index in [0.717, 1.165) is 19.3 Å². The van der Waals surface area contributed by atoms with Gasteiger partial charge in [-0.1, -0.05) is 12.1 Å². The van der Waals surface area contributed by atoms with E-state index in [2.05, 4.69) is 33.0 Å². The summed E-state index contributed by atoms with van der Waals surface area (Å²) in [7, 11) is 0. The summed E-state index contributed by atoms with van der Waals surface area (Å²) in [6.07, 6.45) is 2.74. The van der Waals surface area contributed by atoms with Gasteiger partial charge >= 0.3 is 0 Å². The van der Waals surface area contributed by atoms with Crippen molar-refractivity contribution in [3.8, 4) is 0 Å². The normalized spacial score (nSPS) is 26.0. The first-order valence-corrected chi connectivity index (χ1v) is 9.18. The Morgan fingerprint density at radius 2 is 1.84 bits per heavy atom. The molecule has 2 saturated heterocycles. The van der Waals surface area contributed by atoms with Crippen molar-refractivity contribution in [2.24, 2.45) is 0 Å². The smallest absolute Gasteiger partial charge is 0.256 e. The maximum atomic E-state index is 13.8. The summed E-state index contributed by atoms with van der Waals surface area (Å²) in [5.41, 5.74) is -0.132. The van der Waals surface area contributed by atoms with Crippen LogP contribution >= 0.6 is 0 Å². The second-order valence-electron chi connectivity index (χ2n) is 8.43. The van der Waals surface area contributed by atoms with Gasteiger partial charge in [0.05, 0.1) is 16.8 Å². The zero-order chi connectivity index (χ0) is 18.2. The molecule has 2 aliphatic rings. The van der Waals surface area contributed by atoms with E-state index in [9.17, 15) is 9.18 Å². The lowest BCUT2D eigenvalue weighted by atomic mass is 9.92. The first-order chi connectivity index (χ1) is 11.7. The minimum absolute atomic E-state index is 0.108. The van der Waals surface area contributed by atoms with Crippen molar-refractivity contribution in [3.05, 3.63) is 35.6 Å². The number of likely N-dealkylation sites (tertiary alicyclic amines) is 1. The molecule has 0 saturated carbocycles. The van der Waals surface area contributed by atoms with Gasteiger partial charge in [0.2, 0.25) is 0 Å². The minimum Gasteiger partial charge on any atom is -0.368 e. The molecule has 0 radical (unpaired) electrons. The molecule has 0 spiro atoms. The van der Waals surface area contributed by atoms with Crippen LogP contribution in [0.25, 0.3) is 0 Å². The number of benzene rings is 1. The zero-order valence-electron chi connectivity index (χ0n) is 15.6. The molecule has 0 bridgehead atoms. The van der Waals surface area contributed by atoms with Gasteiger partial charge in [-0.15, -0.1) is 0 Å². The van der Waals surface area contributed by atoms with Gasteiger partial charge in [-0.05, 0) is 59.1 Å². The number of carbonyl (C=O) groups excluding carboxylic acids is 1. The third kappa shape index (κ3) is 4.04. The predicted molar refractivity (Wildman–Crippen MR) is 96.1 cm³/mol. The van der Waals surface area contributed by atoms with Crippen molar-refractivity contribution in [2.45, 2.75) is 70.2 Å². The molecule has 1 N–H and O–H groups in total. The largest absolute Gasteiger partial charge is 0.368 e. The van der Waals surface area contributed by atoms with Gasteiger partial charge in [0, 0.05) is 25.2 Å². The Balaban J connectivity index is 1.56. The molecule has 1 atom stereocenters. The van der Waals surface area contributed by atoms with Crippen LogP contribution in [-0.4, -0.2) is 47.2 Å². The molecule has 1 amide bonds. The third-order valence-electron chi connectivity index (χ3n) is 5.40. The number of hydrogen-bond acceptors (Lipinski definition) is 3. The van der Waals surface area contributed by atoms with Crippen LogP contribution in [-0.2, 0) is 4.74 Å². The number of halogens is 1. The number of carbonyl (C=O) groups is 1. The molecule has 0 aliphatic carbocycles. The Morgan fingerprint density at radius 3 is 2.40 bits per heavy atom. The SMILES string of the molecule is CC1(C)C[C@@H](NC2CCN(C(=O)c3ccccc3F)CC2)C(C)(C)O1. The van der Waals surface area contributed by atoms with Crippen molar-refractivity contribution in [3.63, 3.8) is 0 Å². The maximum Gasteiger partial charge on any atom is 0.256 e. The van der Waals surface area contributed by atoms with Crippen LogP contribution in [0.1, 0.15) is 57.3 Å². The summed E-state index contributed by atoms with van der Waals surface area (Å²) in [4.78, 5) is 14.3. The van der Waals surface area contributed by atoms with Crippen LogP contribution in [0.4, 0.5) is 4.39 Å². The van der Waals surface area contributed by atoms with Gasteiger partial charge in [0.15, 0.2) is 0 Å². The van der Waals surface area contributed by atoms with Crippen LogP contribution in [0, 0.1) is 5.82 Å². The van der Waals surface area contributed by atoms with Crippen molar-refractivity contribution in [1.82, 2.24) is 10.2 Å². The molecule has 5 heteroatoms. The Labute approximate surface area is 149 Å². The molecule has 25 heavy (non-hydrogen) atoms. The van der Waals surface area contributed by atoms with E-state index >= 15 is 0 Å². The van der Waals surface area contributed by atoms with Gasteiger partial charge in [0.25, 0.3) is 5.91 Å². The first-order valence-electron chi connectivity index (χ1n) is 9.18. The first kappa shape index (κ1) is 18.3. The molecule has 2 fully saturated rings. The molecule has 0 aromatic heterocycles. The summed E-state index contributed by atoms with van der Waals surface area (Å²) in [5, 5.41) is 3.74. The van der Waals surface area contributed by atoms with Gasteiger partial charge in [-0.2, -0.15) is 0 Å². The van der Waals surface area contributed by atoms with E-state index < -0.39 is 5.82 Å². The fourth-order valence-corrected chi connectivity index (χ4v) is 4.16. The molecular weight excluding hydrogens is 319 g/mol. The average molecular weight is 348 g/mol. The number of rotatable bonds is 3. The summed E-state index contributed by atoms with van der Waals surface area (Å²) in [6, 6.07) is 6.88. The molecular formula is C20H29FN2O2. The van der Waals surface area contributed by atoms with Crippen LogP contribution in [0.2, 0.25) is 0 Å². The standard InChI is InChI=1S/C20H29FN2O2/c1-19(2)13-17(20(3,4)25-19)22-14-9-11-23(12-10-14)18(24)15-7-5-6-8-16(15)21/h5-8,14,17,22H,9-13H2,1-4H3/t17-/m1/s1. The Kier molecular flexibility index (Phi) is 4.91. The summed E-state index contributed by atoms with van der Waals surface area (Å²) < 4.78 is 20.0. The van der Waals surface area contributed by atoms with Crippen molar-refractivity contribution < 1.29 is 13.9 Å². The summed E-state index contributed by atoms with van der Waals surface area (Å²) in [6.45, 7) is 9.84. The molecule has 3 rings (SSSR count). The number of amides is 1. The van der Waals surface area contributed by atoms with Gasteiger partial charge < -0.3 is 15.0 Å². The quantitative estimate of drug-likeness (QED) is 0.911. The monoisotopic (exact) mass is 348 g/mol. The van der Waals surface area contributed by atoms with E-state index in [-0.39, 0.29) is 22.7 Å². The van der Waals surface area contributed by atoms with Crippen molar-refractivity contribution >= 4 is 5.91 Å². The Hall–Kier alpha value is -1.46. The van der Waals surface area contributed by atoms with Gasteiger partial charge in [-0.25, -0.2) is 4.39 Å². The number of nitrogens with zero attached hydrogens (tertiary/aromatic N) is 1. The fraction of sp³-hybridized carbons (Fsp3) is 0.650. The number of piperidine rings is 1. The van der Waals surface area contributed by atoms with Crippen LogP contribution in [0.3, 0.4) is 0 Å². The lowest BCUT2D eigenvalue weighted by Crippen LogP contribution is -2.52. The van der Waals surface area contributed by atoms with Gasteiger partial charge in [-0.3, -0.25) is 4.79 Å². The summed E-state index contributed by atoms with van der Waals surface area (Å²) in [5.74, 6) is -0.651. The van der Waals surface area contributed by atoms with E-state index in [4.69, 9.17) is 4.74 Å².